The van der Waals surface area contributed by atoms with Crippen molar-refractivity contribution in [2.24, 2.45) is 5.92 Å². The molecule has 0 atom stereocenters. The number of nitrogens with zero attached hydrogens (tertiary/aromatic N) is 1. The van der Waals surface area contributed by atoms with Gasteiger partial charge in [-0.15, -0.1) is 0 Å². The Labute approximate surface area is 126 Å². The lowest BCUT2D eigenvalue weighted by molar-refractivity contribution is 0.133. The first kappa shape index (κ1) is 15.3. The fraction of sp³-hybridized carbons (Fsp3) is 0.389. The summed E-state index contributed by atoms with van der Waals surface area (Å²) in [6.07, 6.45) is 1.10. The second-order valence-electron chi connectivity index (χ2n) is 5.54. The molecule has 2 aromatic carbocycles. The minimum Gasteiger partial charge on any atom is -0.382 e. The summed E-state index contributed by atoms with van der Waals surface area (Å²) in [6.45, 7) is 6.68. The van der Waals surface area contributed by atoms with E-state index in [1.54, 1.807) is 0 Å². The Morgan fingerprint density at radius 3 is 2.57 bits per heavy atom. The zero-order valence-electron chi connectivity index (χ0n) is 12.7. The van der Waals surface area contributed by atoms with Crippen molar-refractivity contribution in [2.75, 3.05) is 25.1 Å². The molecule has 0 bridgehead atoms. The van der Waals surface area contributed by atoms with Crippen LogP contribution in [0.4, 0.5) is 5.69 Å². The number of anilines is 1. The predicted molar refractivity (Wildman–Crippen MR) is 87.4 cm³/mol. The van der Waals surface area contributed by atoms with E-state index in [0.717, 1.165) is 36.0 Å². The van der Waals surface area contributed by atoms with Gasteiger partial charge in [0.15, 0.2) is 0 Å². The molecule has 0 aromatic heterocycles. The van der Waals surface area contributed by atoms with Gasteiger partial charge in [0.05, 0.1) is 18.2 Å². The predicted octanol–water partition coefficient (Wildman–Crippen LogP) is 4.19. The van der Waals surface area contributed by atoms with E-state index >= 15 is 0 Å². The minimum atomic E-state index is 0.681. The van der Waals surface area contributed by atoms with Gasteiger partial charge in [-0.1, -0.05) is 38.1 Å². The van der Waals surface area contributed by atoms with Crippen LogP contribution in [0.25, 0.3) is 10.8 Å². The van der Waals surface area contributed by atoms with E-state index in [9.17, 15) is 0 Å². The summed E-state index contributed by atoms with van der Waals surface area (Å²) < 4.78 is 5.61. The molecule has 1 N–H and O–H groups in total. The molecule has 3 nitrogen and oxygen atoms in total. The molecule has 2 rings (SSSR count). The van der Waals surface area contributed by atoms with E-state index in [1.165, 1.54) is 0 Å². The molecule has 21 heavy (non-hydrogen) atoms. The van der Waals surface area contributed by atoms with Gasteiger partial charge in [0.25, 0.3) is 0 Å². The normalized spacial score (nSPS) is 10.8. The van der Waals surface area contributed by atoms with Gasteiger partial charge in [0, 0.05) is 29.6 Å². The van der Waals surface area contributed by atoms with Gasteiger partial charge in [0.2, 0.25) is 0 Å². The van der Waals surface area contributed by atoms with Gasteiger partial charge in [-0.25, -0.2) is 0 Å². The number of benzene rings is 2. The largest absolute Gasteiger partial charge is 0.382 e. The third kappa shape index (κ3) is 4.21. The molecule has 2 aromatic rings. The molecule has 0 heterocycles. The lowest BCUT2D eigenvalue weighted by Crippen LogP contribution is -2.11. The highest BCUT2D eigenvalue weighted by Crippen LogP contribution is 2.26. The van der Waals surface area contributed by atoms with Gasteiger partial charge < -0.3 is 10.1 Å². The molecule has 0 saturated heterocycles. The molecular formula is C18H22N2O. The maximum absolute atomic E-state index is 9.15. The van der Waals surface area contributed by atoms with Gasteiger partial charge in [-0.2, -0.15) is 5.26 Å². The SMILES string of the molecule is CC(C)CCOCCNc1ccc(C#N)c2ccccc12. The Bertz CT molecular complexity index is 629. The average molecular weight is 282 g/mol. The van der Waals surface area contributed by atoms with Crippen molar-refractivity contribution in [1.29, 1.82) is 5.26 Å². The summed E-state index contributed by atoms with van der Waals surface area (Å²) in [5.41, 5.74) is 1.77. The lowest BCUT2D eigenvalue weighted by Gasteiger charge is -2.11. The fourth-order valence-electron chi connectivity index (χ4n) is 2.23. The van der Waals surface area contributed by atoms with E-state index in [-0.39, 0.29) is 0 Å². The topological polar surface area (TPSA) is 45.0 Å². The molecule has 0 spiro atoms. The quantitative estimate of drug-likeness (QED) is 0.775. The molecule has 3 heteroatoms. The smallest absolute Gasteiger partial charge is 0.0998 e. The second kappa shape index (κ2) is 7.66. The zero-order valence-corrected chi connectivity index (χ0v) is 12.7. The van der Waals surface area contributed by atoms with Crippen molar-refractivity contribution in [3.63, 3.8) is 0 Å². The van der Waals surface area contributed by atoms with Crippen molar-refractivity contribution in [3.8, 4) is 6.07 Å². The highest BCUT2D eigenvalue weighted by Gasteiger charge is 2.04. The van der Waals surface area contributed by atoms with Crippen molar-refractivity contribution >= 4 is 16.5 Å². The Morgan fingerprint density at radius 1 is 1.10 bits per heavy atom. The molecule has 110 valence electrons. The second-order valence-corrected chi connectivity index (χ2v) is 5.54. The molecule has 0 saturated carbocycles. The summed E-state index contributed by atoms with van der Waals surface area (Å²) in [5, 5.41) is 14.6. The summed E-state index contributed by atoms with van der Waals surface area (Å²) in [4.78, 5) is 0. The first-order valence-electron chi connectivity index (χ1n) is 7.46. The van der Waals surface area contributed by atoms with Crippen LogP contribution in [-0.2, 0) is 4.74 Å². The van der Waals surface area contributed by atoms with Gasteiger partial charge in [-0.3, -0.25) is 0 Å². The zero-order chi connectivity index (χ0) is 15.1. The monoisotopic (exact) mass is 282 g/mol. The third-order valence-corrected chi connectivity index (χ3v) is 3.45. The van der Waals surface area contributed by atoms with Crippen LogP contribution >= 0.6 is 0 Å². The van der Waals surface area contributed by atoms with Gasteiger partial charge >= 0.3 is 0 Å². The summed E-state index contributed by atoms with van der Waals surface area (Å²) in [7, 11) is 0. The van der Waals surface area contributed by atoms with Crippen LogP contribution in [0, 0.1) is 17.2 Å². The highest BCUT2D eigenvalue weighted by molar-refractivity contribution is 5.97. The Morgan fingerprint density at radius 2 is 1.86 bits per heavy atom. The van der Waals surface area contributed by atoms with E-state index in [2.05, 4.69) is 25.2 Å². The number of nitrogens with one attached hydrogen (secondary N) is 1. The number of ether oxygens (including phenoxy) is 1. The average Bonchev–Trinajstić information content (AvgIpc) is 2.50. The van der Waals surface area contributed by atoms with E-state index in [0.29, 0.717) is 18.1 Å². The summed E-state index contributed by atoms with van der Waals surface area (Å²) in [6, 6.07) is 14.1. The number of hydrogen-bond acceptors (Lipinski definition) is 3. The molecule has 0 amide bonds. The maximum Gasteiger partial charge on any atom is 0.0998 e. The first-order chi connectivity index (χ1) is 10.2. The van der Waals surface area contributed by atoms with Crippen LogP contribution in [0.5, 0.6) is 0 Å². The van der Waals surface area contributed by atoms with Crippen molar-refractivity contribution in [1.82, 2.24) is 0 Å². The standard InChI is InChI=1S/C18H22N2O/c1-14(2)9-11-21-12-10-20-18-8-7-15(13-19)16-5-3-4-6-17(16)18/h3-8,14,20H,9-12H2,1-2H3. The molecule has 0 aliphatic carbocycles. The number of rotatable bonds is 7. The Kier molecular flexibility index (Phi) is 5.59. The van der Waals surface area contributed by atoms with Crippen LogP contribution < -0.4 is 5.32 Å². The Balaban J connectivity index is 1.95. The van der Waals surface area contributed by atoms with Crippen molar-refractivity contribution in [2.45, 2.75) is 20.3 Å². The van der Waals surface area contributed by atoms with E-state index in [4.69, 9.17) is 10.00 Å². The van der Waals surface area contributed by atoms with Gasteiger partial charge in [0.1, 0.15) is 0 Å². The van der Waals surface area contributed by atoms with Crippen LogP contribution in [0.15, 0.2) is 36.4 Å². The van der Waals surface area contributed by atoms with Gasteiger partial charge in [-0.05, 0) is 24.5 Å². The van der Waals surface area contributed by atoms with E-state index < -0.39 is 0 Å². The van der Waals surface area contributed by atoms with Crippen LogP contribution in [0.1, 0.15) is 25.8 Å². The summed E-state index contributed by atoms with van der Waals surface area (Å²) in [5.74, 6) is 0.681. The van der Waals surface area contributed by atoms with Crippen LogP contribution in [-0.4, -0.2) is 19.8 Å². The third-order valence-electron chi connectivity index (χ3n) is 3.45. The van der Waals surface area contributed by atoms with Crippen LogP contribution in [0.3, 0.4) is 0 Å². The molecular weight excluding hydrogens is 260 g/mol. The Hall–Kier alpha value is -2.05. The molecule has 0 unspecified atom stereocenters. The van der Waals surface area contributed by atoms with E-state index in [1.807, 2.05) is 36.4 Å². The first-order valence-corrected chi connectivity index (χ1v) is 7.46. The molecule has 0 radical (unpaired) electrons. The molecule has 0 aliphatic heterocycles. The fourth-order valence-corrected chi connectivity index (χ4v) is 2.23. The summed E-state index contributed by atoms with van der Waals surface area (Å²) >= 11 is 0. The highest BCUT2D eigenvalue weighted by atomic mass is 16.5. The maximum atomic E-state index is 9.15. The van der Waals surface area contributed by atoms with Crippen LogP contribution in [0.2, 0.25) is 0 Å². The number of hydrogen-bond donors (Lipinski definition) is 1. The lowest BCUT2D eigenvalue weighted by atomic mass is 10.0. The van der Waals surface area contributed by atoms with Crippen molar-refractivity contribution < 1.29 is 4.74 Å². The number of fused-ring (bicyclic) bond motifs is 1. The molecule has 0 aliphatic rings. The number of nitriles is 1. The minimum absolute atomic E-state index is 0.681. The van der Waals surface area contributed by atoms with Crippen molar-refractivity contribution in [3.05, 3.63) is 42.0 Å². The molecule has 0 fully saturated rings.